The number of hydrogen-bond donors (Lipinski definition) is 4. The topological polar surface area (TPSA) is 91.3 Å². The number of aromatic hydroxyl groups is 1. The number of nitrogens with zero attached hydrogens (tertiary/aromatic N) is 2. The fourth-order valence-electron chi connectivity index (χ4n) is 2.60. The predicted octanol–water partition coefficient (Wildman–Crippen LogP) is 3.82. The quantitative estimate of drug-likeness (QED) is 0.576. The third-order valence-corrected chi connectivity index (χ3v) is 3.67. The van der Waals surface area contributed by atoms with Crippen LogP contribution in [0.25, 0.3) is 0 Å². The van der Waals surface area contributed by atoms with E-state index in [0.29, 0.717) is 17.5 Å². The van der Waals surface area contributed by atoms with Crippen molar-refractivity contribution in [3.05, 3.63) is 54.7 Å². The van der Waals surface area contributed by atoms with Gasteiger partial charge in [-0.1, -0.05) is 6.07 Å². The molecule has 0 fully saturated rings. The first kappa shape index (κ1) is 15.1. The van der Waals surface area contributed by atoms with E-state index in [1.165, 1.54) is 0 Å². The van der Waals surface area contributed by atoms with E-state index in [1.54, 1.807) is 30.5 Å². The lowest BCUT2D eigenvalue weighted by molar-refractivity contribution is 0.275. The zero-order chi connectivity index (χ0) is 17.2. The number of rotatable bonds is 4. The van der Waals surface area contributed by atoms with Gasteiger partial charge in [0.1, 0.15) is 17.3 Å². The molecule has 2 heterocycles. The molecule has 2 aromatic carbocycles. The highest BCUT2D eigenvalue weighted by molar-refractivity contribution is 5.69. The molecule has 0 aliphatic carbocycles. The van der Waals surface area contributed by atoms with Crippen molar-refractivity contribution in [1.29, 1.82) is 0 Å². The second-order valence-electron chi connectivity index (χ2n) is 5.68. The molecule has 1 unspecified atom stereocenters. The van der Waals surface area contributed by atoms with Crippen LogP contribution >= 0.6 is 0 Å². The Bertz CT molecular complexity index is 915. The van der Waals surface area contributed by atoms with Crippen molar-refractivity contribution in [2.75, 3.05) is 16.0 Å². The van der Waals surface area contributed by atoms with Gasteiger partial charge in [-0.2, -0.15) is 4.98 Å². The third-order valence-electron chi connectivity index (χ3n) is 3.67. The van der Waals surface area contributed by atoms with Gasteiger partial charge in [0.05, 0.1) is 5.69 Å². The molecule has 0 saturated heterocycles. The molecule has 7 heteroatoms. The lowest BCUT2D eigenvalue weighted by atomic mass is 10.2. The van der Waals surface area contributed by atoms with Crippen molar-refractivity contribution >= 4 is 28.8 Å². The van der Waals surface area contributed by atoms with Gasteiger partial charge in [0, 0.05) is 29.7 Å². The Morgan fingerprint density at radius 2 is 1.96 bits per heavy atom. The minimum Gasteiger partial charge on any atom is -0.508 e. The van der Waals surface area contributed by atoms with E-state index in [9.17, 15) is 5.11 Å². The highest BCUT2D eigenvalue weighted by atomic mass is 16.5. The minimum atomic E-state index is -0.0256. The van der Waals surface area contributed by atoms with E-state index in [1.807, 2.05) is 31.2 Å². The van der Waals surface area contributed by atoms with Crippen molar-refractivity contribution in [3.8, 4) is 11.5 Å². The van der Waals surface area contributed by atoms with Gasteiger partial charge in [0.15, 0.2) is 6.23 Å². The van der Waals surface area contributed by atoms with Crippen molar-refractivity contribution in [1.82, 2.24) is 9.97 Å². The summed E-state index contributed by atoms with van der Waals surface area (Å²) in [5.41, 5.74) is 2.56. The highest BCUT2D eigenvalue weighted by Crippen LogP contribution is 2.34. The van der Waals surface area contributed by atoms with Crippen LogP contribution in [-0.4, -0.2) is 21.3 Å². The van der Waals surface area contributed by atoms with E-state index in [-0.39, 0.29) is 12.0 Å². The van der Waals surface area contributed by atoms with Crippen LogP contribution in [-0.2, 0) is 0 Å². The maximum atomic E-state index is 9.53. The number of phenolic OH excluding ortho intramolecular Hbond substituents is 1. The van der Waals surface area contributed by atoms with E-state index in [2.05, 4.69) is 25.9 Å². The number of anilines is 5. The van der Waals surface area contributed by atoms with Crippen LogP contribution in [0.1, 0.15) is 6.92 Å². The van der Waals surface area contributed by atoms with Gasteiger partial charge in [0.25, 0.3) is 0 Å². The van der Waals surface area contributed by atoms with Crippen LogP contribution in [0.3, 0.4) is 0 Å². The van der Waals surface area contributed by atoms with Gasteiger partial charge in [-0.3, -0.25) is 0 Å². The molecule has 0 spiro atoms. The lowest BCUT2D eigenvalue weighted by Crippen LogP contribution is -2.13. The first-order valence-electron chi connectivity index (χ1n) is 7.89. The van der Waals surface area contributed by atoms with Crippen molar-refractivity contribution in [2.45, 2.75) is 13.2 Å². The Kier molecular flexibility index (Phi) is 3.74. The summed E-state index contributed by atoms with van der Waals surface area (Å²) in [6, 6.07) is 14.4. The summed E-state index contributed by atoms with van der Waals surface area (Å²) >= 11 is 0. The number of hydrogen-bond acceptors (Lipinski definition) is 7. The minimum absolute atomic E-state index is 0.0256. The summed E-state index contributed by atoms with van der Waals surface area (Å²) in [6.07, 6.45) is 1.64. The van der Waals surface area contributed by atoms with Crippen LogP contribution in [0.4, 0.5) is 28.8 Å². The Balaban J connectivity index is 1.51. The van der Waals surface area contributed by atoms with Gasteiger partial charge in [-0.15, -0.1) is 0 Å². The molecule has 0 amide bonds. The summed E-state index contributed by atoms with van der Waals surface area (Å²) in [5, 5.41) is 19.0. The molecule has 4 rings (SSSR count). The van der Waals surface area contributed by atoms with Crippen molar-refractivity contribution < 1.29 is 9.84 Å². The monoisotopic (exact) mass is 335 g/mol. The largest absolute Gasteiger partial charge is 0.508 e. The van der Waals surface area contributed by atoms with Gasteiger partial charge >= 0.3 is 0 Å². The highest BCUT2D eigenvalue weighted by Gasteiger charge is 2.17. The van der Waals surface area contributed by atoms with E-state index >= 15 is 0 Å². The fourth-order valence-corrected chi connectivity index (χ4v) is 2.60. The molecule has 3 aromatic rings. The maximum absolute atomic E-state index is 9.53. The Morgan fingerprint density at radius 1 is 1.08 bits per heavy atom. The molecule has 1 aromatic heterocycles. The average Bonchev–Trinajstić information content (AvgIpc) is 2.94. The van der Waals surface area contributed by atoms with Crippen LogP contribution in [0.2, 0.25) is 0 Å². The molecule has 25 heavy (non-hydrogen) atoms. The van der Waals surface area contributed by atoms with Crippen molar-refractivity contribution in [3.63, 3.8) is 0 Å². The van der Waals surface area contributed by atoms with Gasteiger partial charge in [-0.05, 0) is 37.3 Å². The number of fused-ring (bicyclic) bond motifs is 1. The standard InChI is InChI=1S/C18H17N5O2/c1-11-20-15-6-5-13(10-16(15)25-11)21-17-7-8-19-18(23-17)22-12-3-2-4-14(24)9-12/h2-11,20,24H,1H3,(H2,19,21,22,23). The van der Waals surface area contributed by atoms with E-state index < -0.39 is 0 Å². The summed E-state index contributed by atoms with van der Waals surface area (Å²) in [7, 11) is 0. The summed E-state index contributed by atoms with van der Waals surface area (Å²) in [6.45, 7) is 1.96. The van der Waals surface area contributed by atoms with Crippen LogP contribution in [0.5, 0.6) is 11.5 Å². The summed E-state index contributed by atoms with van der Waals surface area (Å²) in [5.74, 6) is 2.07. The SMILES string of the molecule is CC1Nc2ccc(Nc3ccnc(Nc4cccc(O)c4)n3)cc2O1. The second-order valence-corrected chi connectivity index (χ2v) is 5.68. The molecular formula is C18H17N5O2. The Hall–Kier alpha value is -3.48. The Labute approximate surface area is 144 Å². The molecule has 1 aliphatic rings. The number of benzene rings is 2. The van der Waals surface area contributed by atoms with Gasteiger partial charge < -0.3 is 25.8 Å². The van der Waals surface area contributed by atoms with Crippen molar-refractivity contribution in [2.24, 2.45) is 0 Å². The molecule has 1 atom stereocenters. The summed E-state index contributed by atoms with van der Waals surface area (Å²) in [4.78, 5) is 8.63. The molecule has 7 nitrogen and oxygen atoms in total. The first-order chi connectivity index (χ1) is 12.2. The summed E-state index contributed by atoms with van der Waals surface area (Å²) < 4.78 is 5.68. The molecule has 1 aliphatic heterocycles. The lowest BCUT2D eigenvalue weighted by Gasteiger charge is -2.09. The van der Waals surface area contributed by atoms with Crippen LogP contribution in [0.15, 0.2) is 54.7 Å². The van der Waals surface area contributed by atoms with Crippen LogP contribution in [0, 0.1) is 0 Å². The van der Waals surface area contributed by atoms with E-state index in [4.69, 9.17) is 4.74 Å². The zero-order valence-electron chi connectivity index (χ0n) is 13.5. The number of aromatic nitrogens is 2. The molecular weight excluding hydrogens is 318 g/mol. The maximum Gasteiger partial charge on any atom is 0.229 e. The average molecular weight is 335 g/mol. The third kappa shape index (κ3) is 3.40. The second kappa shape index (κ2) is 6.20. The molecule has 0 bridgehead atoms. The normalized spacial score (nSPS) is 15.0. The molecule has 0 saturated carbocycles. The zero-order valence-corrected chi connectivity index (χ0v) is 13.5. The predicted molar refractivity (Wildman–Crippen MR) is 96.9 cm³/mol. The van der Waals surface area contributed by atoms with Gasteiger partial charge in [0.2, 0.25) is 5.95 Å². The fraction of sp³-hybridized carbons (Fsp3) is 0.111. The van der Waals surface area contributed by atoms with E-state index in [0.717, 1.165) is 17.1 Å². The molecule has 126 valence electrons. The Morgan fingerprint density at radius 3 is 2.84 bits per heavy atom. The smallest absolute Gasteiger partial charge is 0.229 e. The first-order valence-corrected chi connectivity index (χ1v) is 7.89. The molecule has 4 N–H and O–H groups in total. The molecule has 0 radical (unpaired) electrons. The number of ether oxygens (including phenoxy) is 1. The van der Waals surface area contributed by atoms with Crippen LogP contribution < -0.4 is 20.7 Å². The van der Waals surface area contributed by atoms with Gasteiger partial charge in [-0.25, -0.2) is 4.98 Å². The number of nitrogens with one attached hydrogen (secondary N) is 3. The number of phenols is 1.